The number of benzene rings is 1. The molecule has 0 aliphatic rings. The van der Waals surface area contributed by atoms with Crippen molar-refractivity contribution in [3.05, 3.63) is 28.2 Å². The molecule has 3 nitrogen and oxygen atoms in total. The second-order valence-corrected chi connectivity index (χ2v) is 5.82. The number of nitriles is 1. The molecule has 0 bridgehead atoms. The Morgan fingerprint density at radius 3 is 2.58 bits per heavy atom. The predicted molar refractivity (Wildman–Crippen MR) is 84.3 cm³/mol. The van der Waals surface area contributed by atoms with Crippen LogP contribution in [0.2, 0.25) is 0 Å². The molecule has 0 aliphatic carbocycles. The summed E-state index contributed by atoms with van der Waals surface area (Å²) in [5.74, 6) is 0. The molecule has 1 atom stereocenters. The van der Waals surface area contributed by atoms with E-state index in [4.69, 9.17) is 5.26 Å². The fourth-order valence-electron chi connectivity index (χ4n) is 2.11. The van der Waals surface area contributed by atoms with E-state index in [-0.39, 0.29) is 6.04 Å². The maximum atomic E-state index is 8.82. The molecule has 19 heavy (non-hydrogen) atoms. The van der Waals surface area contributed by atoms with Gasteiger partial charge in [0.15, 0.2) is 0 Å². The van der Waals surface area contributed by atoms with Crippen LogP contribution in [0.25, 0.3) is 0 Å². The molecular formula is C15H22BrN3. The van der Waals surface area contributed by atoms with E-state index in [2.05, 4.69) is 71.2 Å². The number of hydrogen-bond acceptors (Lipinski definition) is 3. The lowest BCUT2D eigenvalue weighted by atomic mass is 10.0. The van der Waals surface area contributed by atoms with E-state index >= 15 is 0 Å². The summed E-state index contributed by atoms with van der Waals surface area (Å²) in [5, 5.41) is 12.1. The van der Waals surface area contributed by atoms with Crippen molar-refractivity contribution in [1.29, 1.82) is 5.26 Å². The molecule has 1 unspecified atom stereocenters. The van der Waals surface area contributed by atoms with E-state index in [1.54, 1.807) is 0 Å². The molecule has 0 saturated heterocycles. The lowest BCUT2D eigenvalue weighted by molar-refractivity contribution is 0.633. The van der Waals surface area contributed by atoms with Crippen molar-refractivity contribution in [2.45, 2.75) is 39.3 Å². The van der Waals surface area contributed by atoms with Crippen LogP contribution in [0.4, 0.5) is 5.69 Å². The standard InChI is InChI=1S/C15H22BrN3/c1-11(2)19(9-5-8-17)15-10-13(16)6-7-14(15)12(3)18-4/h6-7,10-12,18H,5,9H2,1-4H3. The molecule has 1 N–H and O–H groups in total. The van der Waals surface area contributed by atoms with Gasteiger partial charge in [0.05, 0.1) is 12.5 Å². The van der Waals surface area contributed by atoms with Crippen molar-refractivity contribution in [2.24, 2.45) is 0 Å². The van der Waals surface area contributed by atoms with Crippen molar-refractivity contribution in [1.82, 2.24) is 5.32 Å². The van der Waals surface area contributed by atoms with Gasteiger partial charge in [-0.15, -0.1) is 0 Å². The number of anilines is 1. The molecular weight excluding hydrogens is 302 g/mol. The first kappa shape index (κ1) is 16.0. The molecule has 0 heterocycles. The minimum atomic E-state index is 0.284. The Morgan fingerprint density at radius 2 is 2.05 bits per heavy atom. The van der Waals surface area contributed by atoms with E-state index < -0.39 is 0 Å². The highest BCUT2D eigenvalue weighted by Crippen LogP contribution is 2.31. The number of nitrogens with zero attached hydrogens (tertiary/aromatic N) is 2. The summed E-state index contributed by atoms with van der Waals surface area (Å²) in [7, 11) is 1.96. The summed E-state index contributed by atoms with van der Waals surface area (Å²) in [6.45, 7) is 7.22. The number of hydrogen-bond donors (Lipinski definition) is 1. The Kier molecular flexibility index (Phi) is 6.33. The van der Waals surface area contributed by atoms with Crippen molar-refractivity contribution in [3.8, 4) is 6.07 Å². The molecule has 4 heteroatoms. The topological polar surface area (TPSA) is 39.1 Å². The van der Waals surface area contributed by atoms with Gasteiger partial charge in [0, 0.05) is 28.8 Å². The summed E-state index contributed by atoms with van der Waals surface area (Å²) >= 11 is 3.54. The van der Waals surface area contributed by atoms with Crippen molar-refractivity contribution >= 4 is 21.6 Å². The molecule has 0 radical (unpaired) electrons. The van der Waals surface area contributed by atoms with Gasteiger partial charge in [-0.05, 0) is 45.5 Å². The van der Waals surface area contributed by atoms with E-state index in [1.807, 2.05) is 7.05 Å². The molecule has 0 spiro atoms. The van der Waals surface area contributed by atoms with Crippen LogP contribution in [0.1, 0.15) is 38.8 Å². The minimum Gasteiger partial charge on any atom is -0.368 e. The van der Waals surface area contributed by atoms with Gasteiger partial charge in [-0.25, -0.2) is 0 Å². The van der Waals surface area contributed by atoms with Gasteiger partial charge < -0.3 is 10.2 Å². The fourth-order valence-corrected chi connectivity index (χ4v) is 2.46. The zero-order valence-electron chi connectivity index (χ0n) is 12.1. The monoisotopic (exact) mass is 323 g/mol. The van der Waals surface area contributed by atoms with Gasteiger partial charge in [-0.2, -0.15) is 5.26 Å². The normalized spacial score (nSPS) is 12.3. The lowest BCUT2D eigenvalue weighted by Gasteiger charge is -2.32. The highest BCUT2D eigenvalue weighted by Gasteiger charge is 2.17. The smallest absolute Gasteiger partial charge is 0.0640 e. The van der Waals surface area contributed by atoms with Crippen molar-refractivity contribution in [3.63, 3.8) is 0 Å². The first-order chi connectivity index (χ1) is 9.01. The minimum absolute atomic E-state index is 0.284. The van der Waals surface area contributed by atoms with Crippen molar-refractivity contribution < 1.29 is 0 Å². The second-order valence-electron chi connectivity index (χ2n) is 4.91. The van der Waals surface area contributed by atoms with Crippen LogP contribution >= 0.6 is 15.9 Å². The number of halogens is 1. The van der Waals surface area contributed by atoms with Crippen LogP contribution in [-0.4, -0.2) is 19.6 Å². The van der Waals surface area contributed by atoms with Crippen LogP contribution < -0.4 is 10.2 Å². The molecule has 0 saturated carbocycles. The van der Waals surface area contributed by atoms with Crippen molar-refractivity contribution in [2.75, 3.05) is 18.5 Å². The van der Waals surface area contributed by atoms with Gasteiger partial charge >= 0.3 is 0 Å². The predicted octanol–water partition coefficient (Wildman–Crippen LogP) is 3.86. The van der Waals surface area contributed by atoms with Gasteiger partial charge in [0.1, 0.15) is 0 Å². The van der Waals surface area contributed by atoms with Crippen LogP contribution in [0.5, 0.6) is 0 Å². The summed E-state index contributed by atoms with van der Waals surface area (Å²) in [6, 6.07) is 9.23. The molecule has 104 valence electrons. The van der Waals surface area contributed by atoms with Gasteiger partial charge in [-0.1, -0.05) is 22.0 Å². The zero-order valence-corrected chi connectivity index (χ0v) is 13.7. The van der Waals surface area contributed by atoms with Gasteiger partial charge in [0.25, 0.3) is 0 Å². The fraction of sp³-hybridized carbons (Fsp3) is 0.533. The highest BCUT2D eigenvalue weighted by molar-refractivity contribution is 9.10. The average molecular weight is 324 g/mol. The van der Waals surface area contributed by atoms with Crippen LogP contribution in [0.15, 0.2) is 22.7 Å². The third-order valence-electron chi connectivity index (χ3n) is 3.29. The highest BCUT2D eigenvalue weighted by atomic mass is 79.9. The SMILES string of the molecule is CNC(C)c1ccc(Br)cc1N(CCC#N)C(C)C. The van der Waals surface area contributed by atoms with E-state index in [0.717, 1.165) is 11.0 Å². The van der Waals surface area contributed by atoms with E-state index in [9.17, 15) is 0 Å². The van der Waals surface area contributed by atoms with Crippen LogP contribution in [0, 0.1) is 11.3 Å². The largest absolute Gasteiger partial charge is 0.368 e. The summed E-state index contributed by atoms with van der Waals surface area (Å²) in [5.41, 5.74) is 2.46. The van der Waals surface area contributed by atoms with Gasteiger partial charge in [-0.3, -0.25) is 0 Å². The maximum absolute atomic E-state index is 8.82. The molecule has 1 aromatic rings. The third-order valence-corrected chi connectivity index (χ3v) is 3.78. The molecule has 0 aromatic heterocycles. The quantitative estimate of drug-likeness (QED) is 0.864. The van der Waals surface area contributed by atoms with Crippen LogP contribution in [-0.2, 0) is 0 Å². The summed E-state index contributed by atoms with van der Waals surface area (Å²) in [4.78, 5) is 2.29. The van der Waals surface area contributed by atoms with Gasteiger partial charge in [0.2, 0.25) is 0 Å². The second kappa shape index (κ2) is 7.52. The molecule has 0 amide bonds. The van der Waals surface area contributed by atoms with E-state index in [1.165, 1.54) is 11.3 Å². The summed E-state index contributed by atoms with van der Waals surface area (Å²) < 4.78 is 1.07. The maximum Gasteiger partial charge on any atom is 0.0640 e. The molecule has 1 aromatic carbocycles. The van der Waals surface area contributed by atoms with E-state index in [0.29, 0.717) is 12.5 Å². The Bertz CT molecular complexity index is 451. The number of rotatable bonds is 6. The first-order valence-corrected chi connectivity index (χ1v) is 7.40. The summed E-state index contributed by atoms with van der Waals surface area (Å²) in [6.07, 6.45) is 0.540. The Balaban J connectivity index is 3.19. The third kappa shape index (κ3) is 4.22. The lowest BCUT2D eigenvalue weighted by Crippen LogP contribution is -2.33. The Morgan fingerprint density at radius 1 is 1.37 bits per heavy atom. The zero-order chi connectivity index (χ0) is 14.4. The molecule has 0 fully saturated rings. The average Bonchev–Trinajstić information content (AvgIpc) is 2.38. The molecule has 1 rings (SSSR count). The Hall–Kier alpha value is -1.05. The first-order valence-electron chi connectivity index (χ1n) is 6.61. The number of nitrogens with one attached hydrogen (secondary N) is 1. The van der Waals surface area contributed by atoms with Crippen LogP contribution in [0.3, 0.4) is 0 Å². The molecule has 0 aliphatic heterocycles. The Labute approximate surface area is 124 Å².